The fourth-order valence-electron chi connectivity index (χ4n) is 3.25. The number of aromatic nitrogens is 1. The van der Waals surface area contributed by atoms with E-state index < -0.39 is 29.0 Å². The van der Waals surface area contributed by atoms with Crippen LogP contribution in [0.5, 0.6) is 0 Å². The molecule has 2 heterocycles. The summed E-state index contributed by atoms with van der Waals surface area (Å²) in [4.78, 5) is 31.2. The third-order valence-electron chi connectivity index (χ3n) is 4.86. The zero-order chi connectivity index (χ0) is 21.2. The Kier molecular flexibility index (Phi) is 5.97. The fraction of sp³-hybridized carbons (Fsp3) is 0.350. The van der Waals surface area contributed by atoms with E-state index in [1.54, 1.807) is 0 Å². The van der Waals surface area contributed by atoms with Crippen molar-refractivity contribution >= 4 is 17.5 Å². The van der Waals surface area contributed by atoms with Gasteiger partial charge in [0.05, 0.1) is 11.1 Å². The molecule has 0 aliphatic carbocycles. The lowest BCUT2D eigenvalue weighted by Crippen LogP contribution is -2.33. The van der Waals surface area contributed by atoms with Gasteiger partial charge in [-0.3, -0.25) is 9.59 Å². The van der Waals surface area contributed by atoms with E-state index in [9.17, 15) is 27.2 Å². The van der Waals surface area contributed by atoms with Gasteiger partial charge in [0, 0.05) is 5.92 Å². The van der Waals surface area contributed by atoms with Crippen molar-refractivity contribution in [1.29, 1.82) is 0 Å². The minimum Gasteiger partial charge on any atom is -0.307 e. The van der Waals surface area contributed by atoms with Gasteiger partial charge in [-0.15, -0.1) is 0 Å². The number of carbonyl (C=O) groups excluding carboxylic acids is 2. The second-order valence-corrected chi connectivity index (χ2v) is 6.99. The van der Waals surface area contributed by atoms with Gasteiger partial charge in [0.25, 0.3) is 5.91 Å². The summed E-state index contributed by atoms with van der Waals surface area (Å²) in [5.41, 5.74) is -1.96. The second-order valence-electron chi connectivity index (χ2n) is 6.99. The Balaban J connectivity index is 1.79. The van der Waals surface area contributed by atoms with Crippen LogP contribution >= 0.6 is 0 Å². The van der Waals surface area contributed by atoms with E-state index in [1.165, 1.54) is 18.2 Å². The Hall–Kier alpha value is -2.81. The van der Waals surface area contributed by atoms with Gasteiger partial charge in [0.15, 0.2) is 5.78 Å². The standard InChI is InChI=1S/C20H19F4N3O2/c1-27-9-7-12(8-10-27)18(28)16-3-2-4-17(25-16)26-19(29)14-6-5-13(21)11-15(14)20(22,23)24/h2-6,11-12H,7-10H2,1H3,(H,25,26,29). The summed E-state index contributed by atoms with van der Waals surface area (Å²) in [6.07, 6.45) is -3.51. The van der Waals surface area contributed by atoms with E-state index in [0.717, 1.165) is 25.2 Å². The molecular formula is C20H19F4N3O2. The third kappa shape index (κ3) is 4.97. The highest BCUT2D eigenvalue weighted by molar-refractivity contribution is 6.05. The Bertz CT molecular complexity index is 922. The number of nitrogens with zero attached hydrogens (tertiary/aromatic N) is 2. The van der Waals surface area contributed by atoms with E-state index in [4.69, 9.17) is 0 Å². The number of alkyl halides is 3. The first-order valence-electron chi connectivity index (χ1n) is 9.03. The molecule has 0 spiro atoms. The van der Waals surface area contributed by atoms with Crippen LogP contribution in [0.2, 0.25) is 0 Å². The summed E-state index contributed by atoms with van der Waals surface area (Å²) >= 11 is 0. The molecule has 1 aromatic carbocycles. The zero-order valence-electron chi connectivity index (χ0n) is 15.6. The summed E-state index contributed by atoms with van der Waals surface area (Å²) < 4.78 is 52.6. The molecular weight excluding hydrogens is 390 g/mol. The topological polar surface area (TPSA) is 62.3 Å². The van der Waals surface area contributed by atoms with E-state index in [2.05, 4.69) is 15.2 Å². The largest absolute Gasteiger partial charge is 0.417 e. The van der Waals surface area contributed by atoms with Gasteiger partial charge in [0.1, 0.15) is 17.3 Å². The number of nitrogens with one attached hydrogen (secondary N) is 1. The molecule has 9 heteroatoms. The number of Topliss-reactive ketones (excluding diaryl/α,β-unsaturated/α-hetero) is 1. The number of hydrogen-bond acceptors (Lipinski definition) is 4. The van der Waals surface area contributed by atoms with E-state index in [-0.39, 0.29) is 29.3 Å². The highest BCUT2D eigenvalue weighted by atomic mass is 19.4. The second kappa shape index (κ2) is 8.28. The lowest BCUT2D eigenvalue weighted by atomic mass is 9.91. The number of benzene rings is 1. The Morgan fingerprint density at radius 3 is 2.48 bits per heavy atom. The summed E-state index contributed by atoms with van der Waals surface area (Å²) in [6, 6.07) is 6.19. The predicted octanol–water partition coefficient (Wildman–Crippen LogP) is 4.02. The van der Waals surface area contributed by atoms with Crippen LogP contribution in [0.3, 0.4) is 0 Å². The van der Waals surface area contributed by atoms with E-state index in [0.29, 0.717) is 12.8 Å². The molecule has 3 rings (SSSR count). The van der Waals surface area contributed by atoms with Crippen molar-refractivity contribution in [2.75, 3.05) is 25.5 Å². The SMILES string of the molecule is CN1CCC(C(=O)c2cccc(NC(=O)c3ccc(F)cc3C(F)(F)F)n2)CC1. The van der Waals surface area contributed by atoms with E-state index >= 15 is 0 Å². The fourth-order valence-corrected chi connectivity index (χ4v) is 3.25. The van der Waals surface area contributed by atoms with Crippen LogP contribution in [0.4, 0.5) is 23.4 Å². The minimum absolute atomic E-state index is 0.0498. The molecule has 0 atom stereocenters. The van der Waals surface area contributed by atoms with Gasteiger partial charge in [-0.2, -0.15) is 13.2 Å². The van der Waals surface area contributed by atoms with Crippen molar-refractivity contribution in [3.63, 3.8) is 0 Å². The quantitative estimate of drug-likeness (QED) is 0.612. The maximum absolute atomic E-state index is 13.2. The van der Waals surface area contributed by atoms with E-state index in [1.807, 2.05) is 7.05 Å². The zero-order valence-corrected chi connectivity index (χ0v) is 15.6. The monoisotopic (exact) mass is 409 g/mol. The average Bonchev–Trinajstić information content (AvgIpc) is 2.67. The Morgan fingerprint density at radius 2 is 1.83 bits per heavy atom. The molecule has 0 bridgehead atoms. The average molecular weight is 409 g/mol. The molecule has 0 radical (unpaired) electrons. The molecule has 1 N–H and O–H groups in total. The number of carbonyl (C=O) groups is 2. The van der Waals surface area contributed by atoms with Crippen LogP contribution in [0.1, 0.15) is 39.3 Å². The molecule has 1 aliphatic rings. The molecule has 0 saturated carbocycles. The number of likely N-dealkylation sites (tertiary alicyclic amines) is 1. The van der Waals surface area contributed by atoms with Crippen LogP contribution in [0.25, 0.3) is 0 Å². The van der Waals surface area contributed by atoms with Crippen molar-refractivity contribution in [3.8, 4) is 0 Å². The minimum atomic E-state index is -4.89. The third-order valence-corrected chi connectivity index (χ3v) is 4.86. The highest BCUT2D eigenvalue weighted by Crippen LogP contribution is 2.33. The molecule has 1 amide bonds. The van der Waals surface area contributed by atoms with Crippen molar-refractivity contribution in [3.05, 3.63) is 59.0 Å². The predicted molar refractivity (Wildman–Crippen MR) is 98.1 cm³/mol. The summed E-state index contributed by atoms with van der Waals surface area (Å²) in [5.74, 6) is -2.58. The first-order valence-corrected chi connectivity index (χ1v) is 9.03. The summed E-state index contributed by atoms with van der Waals surface area (Å²) in [5, 5.41) is 2.26. The molecule has 1 saturated heterocycles. The molecule has 1 aromatic heterocycles. The van der Waals surface area contributed by atoms with Gasteiger partial charge >= 0.3 is 6.18 Å². The van der Waals surface area contributed by atoms with Crippen LogP contribution in [-0.4, -0.2) is 41.7 Å². The molecule has 5 nitrogen and oxygen atoms in total. The number of anilines is 1. The summed E-state index contributed by atoms with van der Waals surface area (Å²) in [7, 11) is 1.97. The van der Waals surface area contributed by atoms with Crippen molar-refractivity contribution in [2.24, 2.45) is 5.92 Å². The Morgan fingerprint density at radius 1 is 1.14 bits per heavy atom. The first-order chi connectivity index (χ1) is 13.6. The number of pyridine rings is 1. The van der Waals surface area contributed by atoms with Gasteiger partial charge in [-0.1, -0.05) is 6.07 Å². The maximum atomic E-state index is 13.2. The van der Waals surface area contributed by atoms with Crippen LogP contribution in [0.15, 0.2) is 36.4 Å². The summed E-state index contributed by atoms with van der Waals surface area (Å²) in [6.45, 7) is 1.58. The molecule has 154 valence electrons. The number of hydrogen-bond donors (Lipinski definition) is 1. The number of halogens is 4. The highest BCUT2D eigenvalue weighted by Gasteiger charge is 2.36. The molecule has 2 aromatic rings. The number of amides is 1. The molecule has 1 fully saturated rings. The normalized spacial score (nSPS) is 15.9. The van der Waals surface area contributed by atoms with Crippen LogP contribution < -0.4 is 5.32 Å². The lowest BCUT2D eigenvalue weighted by Gasteiger charge is -2.27. The lowest BCUT2D eigenvalue weighted by molar-refractivity contribution is -0.138. The molecule has 0 unspecified atom stereocenters. The van der Waals surface area contributed by atoms with Crippen LogP contribution in [0, 0.1) is 11.7 Å². The number of ketones is 1. The van der Waals surface area contributed by atoms with Crippen molar-refractivity contribution < 1.29 is 27.2 Å². The van der Waals surface area contributed by atoms with Gasteiger partial charge in [0.2, 0.25) is 0 Å². The van der Waals surface area contributed by atoms with Crippen molar-refractivity contribution in [2.45, 2.75) is 19.0 Å². The number of piperidine rings is 1. The first kappa shape index (κ1) is 20.9. The van der Waals surface area contributed by atoms with Crippen molar-refractivity contribution in [1.82, 2.24) is 9.88 Å². The van der Waals surface area contributed by atoms with Gasteiger partial charge in [-0.25, -0.2) is 9.37 Å². The maximum Gasteiger partial charge on any atom is 0.417 e. The van der Waals surface area contributed by atoms with Gasteiger partial charge < -0.3 is 10.2 Å². The smallest absolute Gasteiger partial charge is 0.307 e. The van der Waals surface area contributed by atoms with Gasteiger partial charge in [-0.05, 0) is 63.3 Å². The molecule has 29 heavy (non-hydrogen) atoms. The molecule has 1 aliphatic heterocycles. The van der Waals surface area contributed by atoms with Crippen LogP contribution in [-0.2, 0) is 6.18 Å². The Labute approximate surface area is 164 Å². The number of rotatable bonds is 4.